The summed E-state index contributed by atoms with van der Waals surface area (Å²) < 4.78 is 7.29. The van der Waals surface area contributed by atoms with Crippen molar-refractivity contribution in [3.05, 3.63) is 36.7 Å². The second-order valence-corrected chi connectivity index (χ2v) is 8.31. The molecular weight excluding hydrogens is 378 g/mol. The number of nitrogens with one attached hydrogen (secondary N) is 1. The first-order valence-electron chi connectivity index (χ1n) is 10.5. The van der Waals surface area contributed by atoms with Gasteiger partial charge in [0, 0.05) is 49.5 Å². The summed E-state index contributed by atoms with van der Waals surface area (Å²) in [5.41, 5.74) is 3.33. The number of pyridine rings is 1. The van der Waals surface area contributed by atoms with Gasteiger partial charge in [-0.1, -0.05) is 0 Å². The maximum absolute atomic E-state index is 5.53. The van der Waals surface area contributed by atoms with Crippen molar-refractivity contribution in [1.82, 2.24) is 30.3 Å². The third-order valence-corrected chi connectivity index (χ3v) is 6.34. The van der Waals surface area contributed by atoms with Gasteiger partial charge in [-0.25, -0.2) is 4.98 Å². The lowest BCUT2D eigenvalue weighted by Crippen LogP contribution is -2.47. The minimum atomic E-state index is 0.515. The number of aryl methyl sites for hydroxylation is 1. The van der Waals surface area contributed by atoms with Gasteiger partial charge in [0.2, 0.25) is 5.88 Å². The Labute approximate surface area is 176 Å². The van der Waals surface area contributed by atoms with Gasteiger partial charge in [0.25, 0.3) is 0 Å². The number of anilines is 1. The van der Waals surface area contributed by atoms with Crippen molar-refractivity contribution < 1.29 is 4.74 Å². The first-order valence-corrected chi connectivity index (χ1v) is 10.5. The molecule has 5 heterocycles. The van der Waals surface area contributed by atoms with Gasteiger partial charge >= 0.3 is 0 Å². The second-order valence-electron chi connectivity index (χ2n) is 8.31. The molecule has 2 aliphatic heterocycles. The van der Waals surface area contributed by atoms with E-state index < -0.39 is 0 Å². The van der Waals surface area contributed by atoms with Crippen LogP contribution < -0.4 is 15.0 Å². The Morgan fingerprint density at radius 2 is 1.83 bits per heavy atom. The van der Waals surface area contributed by atoms with Crippen LogP contribution in [0.25, 0.3) is 22.5 Å². The number of methoxy groups -OCH3 is 1. The van der Waals surface area contributed by atoms with Crippen molar-refractivity contribution >= 4 is 5.82 Å². The van der Waals surface area contributed by atoms with Crippen molar-refractivity contribution in [2.24, 2.45) is 7.05 Å². The fraction of sp³-hybridized carbons (Fsp3) is 0.455. The number of fused-ring (bicyclic) bond motifs is 2. The fourth-order valence-corrected chi connectivity index (χ4v) is 4.70. The first-order chi connectivity index (χ1) is 14.6. The summed E-state index contributed by atoms with van der Waals surface area (Å²) in [4.78, 5) is 6.94. The lowest BCUT2D eigenvalue weighted by Gasteiger charge is -2.36. The highest BCUT2D eigenvalue weighted by Gasteiger charge is 2.35. The Morgan fingerprint density at radius 3 is 2.47 bits per heavy atom. The van der Waals surface area contributed by atoms with E-state index in [0.29, 0.717) is 24.0 Å². The van der Waals surface area contributed by atoms with Crippen LogP contribution in [0.3, 0.4) is 0 Å². The van der Waals surface area contributed by atoms with Gasteiger partial charge in [-0.2, -0.15) is 5.10 Å². The van der Waals surface area contributed by atoms with Crippen molar-refractivity contribution in [1.29, 1.82) is 0 Å². The molecule has 156 valence electrons. The summed E-state index contributed by atoms with van der Waals surface area (Å²) in [6.45, 7) is 0. The molecule has 1 N–H and O–H groups in total. The number of nitrogens with zero attached hydrogens (tertiary/aromatic N) is 6. The molecular formula is C22H27N7O. The Hall–Kier alpha value is -3.00. The van der Waals surface area contributed by atoms with Crippen LogP contribution in [-0.4, -0.2) is 57.2 Å². The molecule has 0 amide bonds. The molecule has 0 aliphatic carbocycles. The molecule has 0 radical (unpaired) electrons. The molecule has 0 saturated carbocycles. The van der Waals surface area contributed by atoms with Crippen molar-refractivity contribution in [2.45, 2.75) is 43.8 Å². The van der Waals surface area contributed by atoms with Gasteiger partial charge in [-0.15, -0.1) is 10.2 Å². The zero-order valence-corrected chi connectivity index (χ0v) is 17.6. The Kier molecular flexibility index (Phi) is 4.86. The number of ether oxygens (including phenoxy) is 1. The van der Waals surface area contributed by atoms with E-state index in [-0.39, 0.29) is 0 Å². The van der Waals surface area contributed by atoms with E-state index in [1.807, 2.05) is 37.5 Å². The smallest absolute Gasteiger partial charge is 0.221 e. The molecule has 3 atom stereocenters. The molecule has 1 unspecified atom stereocenters. The highest BCUT2D eigenvalue weighted by Crippen LogP contribution is 2.32. The summed E-state index contributed by atoms with van der Waals surface area (Å²) in [7, 11) is 5.64. The summed E-state index contributed by atoms with van der Waals surface area (Å²) in [6.07, 6.45) is 8.67. The fourth-order valence-electron chi connectivity index (χ4n) is 4.70. The SMILES string of the molecule is COc1nc(-c2ccc(N(C)C3C[C@H]4CC[C@@H](C3)N4)nn2)ccc1-c1cnn(C)c1. The number of rotatable bonds is 5. The molecule has 2 aliphatic rings. The molecule has 8 heteroatoms. The minimum Gasteiger partial charge on any atom is -0.481 e. The summed E-state index contributed by atoms with van der Waals surface area (Å²) in [6, 6.07) is 9.78. The Morgan fingerprint density at radius 1 is 1.07 bits per heavy atom. The molecule has 5 rings (SSSR count). The molecule has 2 saturated heterocycles. The maximum atomic E-state index is 5.53. The lowest BCUT2D eigenvalue weighted by atomic mass is 9.98. The number of hydrogen-bond acceptors (Lipinski definition) is 7. The summed E-state index contributed by atoms with van der Waals surface area (Å²) in [5.74, 6) is 1.46. The largest absolute Gasteiger partial charge is 0.481 e. The van der Waals surface area contributed by atoms with Gasteiger partial charge in [0.15, 0.2) is 5.82 Å². The quantitative estimate of drug-likeness (QED) is 0.699. The topological polar surface area (TPSA) is 81.0 Å². The molecule has 2 fully saturated rings. The Bertz CT molecular complexity index is 1020. The molecule has 30 heavy (non-hydrogen) atoms. The zero-order valence-electron chi connectivity index (χ0n) is 17.6. The van der Waals surface area contributed by atoms with Crippen LogP contribution in [0.4, 0.5) is 5.82 Å². The lowest BCUT2D eigenvalue weighted by molar-refractivity contribution is 0.353. The van der Waals surface area contributed by atoms with Crippen LogP contribution >= 0.6 is 0 Å². The van der Waals surface area contributed by atoms with Crippen molar-refractivity contribution in [3.63, 3.8) is 0 Å². The standard InChI is InChI=1S/C22H27N7O/c1-28-13-14(12-23-28)18-6-7-19(25-22(18)30-3)20-8-9-21(27-26-20)29(2)17-10-15-4-5-16(11-17)24-15/h6-9,12-13,15-17,24H,4-5,10-11H2,1-3H3/t15-,16+,17?. The van der Waals surface area contributed by atoms with E-state index in [2.05, 4.69) is 37.5 Å². The van der Waals surface area contributed by atoms with Crippen LogP contribution in [0.1, 0.15) is 25.7 Å². The van der Waals surface area contributed by atoms with Crippen LogP contribution in [0, 0.1) is 0 Å². The van der Waals surface area contributed by atoms with E-state index in [1.54, 1.807) is 18.0 Å². The zero-order chi connectivity index (χ0) is 20.7. The van der Waals surface area contributed by atoms with E-state index in [4.69, 9.17) is 4.74 Å². The number of piperidine rings is 1. The molecule has 3 aromatic rings. The monoisotopic (exact) mass is 405 g/mol. The first kappa shape index (κ1) is 19.0. The van der Waals surface area contributed by atoms with Crippen LogP contribution in [0.2, 0.25) is 0 Å². The number of aromatic nitrogens is 5. The highest BCUT2D eigenvalue weighted by molar-refractivity contribution is 5.70. The predicted molar refractivity (Wildman–Crippen MR) is 115 cm³/mol. The van der Waals surface area contributed by atoms with Gasteiger partial charge < -0.3 is 15.0 Å². The summed E-state index contributed by atoms with van der Waals surface area (Å²) in [5, 5.41) is 16.9. The molecule has 2 bridgehead atoms. The van der Waals surface area contributed by atoms with Crippen molar-refractivity contribution in [2.75, 3.05) is 19.1 Å². The van der Waals surface area contributed by atoms with E-state index >= 15 is 0 Å². The van der Waals surface area contributed by atoms with Gasteiger partial charge in [0.1, 0.15) is 5.69 Å². The van der Waals surface area contributed by atoms with Gasteiger partial charge in [-0.3, -0.25) is 4.68 Å². The van der Waals surface area contributed by atoms with E-state index in [9.17, 15) is 0 Å². The van der Waals surface area contributed by atoms with Crippen LogP contribution in [-0.2, 0) is 7.05 Å². The average molecular weight is 406 g/mol. The predicted octanol–water partition coefficient (Wildman–Crippen LogP) is 2.67. The molecule has 0 aromatic carbocycles. The van der Waals surface area contributed by atoms with E-state index in [1.165, 1.54) is 25.7 Å². The summed E-state index contributed by atoms with van der Waals surface area (Å²) >= 11 is 0. The minimum absolute atomic E-state index is 0.515. The molecule has 8 nitrogen and oxygen atoms in total. The van der Waals surface area contributed by atoms with Gasteiger partial charge in [0.05, 0.1) is 19.0 Å². The molecule has 3 aromatic heterocycles. The van der Waals surface area contributed by atoms with Crippen LogP contribution in [0.15, 0.2) is 36.7 Å². The highest BCUT2D eigenvalue weighted by atomic mass is 16.5. The van der Waals surface area contributed by atoms with Gasteiger partial charge in [-0.05, 0) is 49.9 Å². The normalized spacial score (nSPS) is 22.8. The third kappa shape index (κ3) is 3.52. The van der Waals surface area contributed by atoms with Crippen LogP contribution in [0.5, 0.6) is 5.88 Å². The molecule has 0 spiro atoms. The number of hydrogen-bond donors (Lipinski definition) is 1. The Balaban J connectivity index is 1.36. The van der Waals surface area contributed by atoms with E-state index in [0.717, 1.165) is 28.3 Å². The third-order valence-electron chi connectivity index (χ3n) is 6.34. The van der Waals surface area contributed by atoms with Crippen molar-refractivity contribution in [3.8, 4) is 28.4 Å². The maximum Gasteiger partial charge on any atom is 0.221 e. The second kappa shape index (κ2) is 7.68. The average Bonchev–Trinajstić information content (AvgIpc) is 3.37.